The maximum Gasteiger partial charge on any atom is 0.233 e. The Balaban J connectivity index is 1.76. The number of fused-ring (bicyclic) bond motifs is 1. The van der Waals surface area contributed by atoms with Gasteiger partial charge in [-0.2, -0.15) is 4.98 Å². The number of rotatable bonds is 7. The minimum absolute atomic E-state index is 0.0178. The van der Waals surface area contributed by atoms with Gasteiger partial charge in [0.15, 0.2) is 11.5 Å². The number of oxazole rings is 1. The Labute approximate surface area is 173 Å². The molecule has 3 aromatic rings. The molecule has 1 aromatic heterocycles. The molecule has 0 atom stereocenters. The van der Waals surface area contributed by atoms with Crippen LogP contribution in [-0.2, 0) is 9.84 Å². The normalized spacial score (nSPS) is 13.3. The Morgan fingerprint density at radius 2 is 1.80 bits per heavy atom. The molecule has 0 radical (unpaired) electrons. The van der Waals surface area contributed by atoms with Crippen molar-refractivity contribution in [3.05, 3.63) is 48.3 Å². The van der Waals surface area contributed by atoms with E-state index in [1.165, 1.54) is 36.4 Å². The summed E-state index contributed by atoms with van der Waals surface area (Å²) in [5.74, 6) is 0.595. The fraction of sp³-hybridized carbons (Fsp3) is 0.286. The van der Waals surface area contributed by atoms with Crippen molar-refractivity contribution in [1.82, 2.24) is 4.98 Å². The van der Waals surface area contributed by atoms with Gasteiger partial charge >= 0.3 is 0 Å². The molecule has 0 unspecified atom stereocenters. The molecule has 4 rings (SSSR count). The van der Waals surface area contributed by atoms with Crippen LogP contribution >= 0.6 is 0 Å². The number of halogens is 1. The van der Waals surface area contributed by atoms with E-state index in [4.69, 9.17) is 13.9 Å². The lowest BCUT2D eigenvalue weighted by Gasteiger charge is -2.18. The van der Waals surface area contributed by atoms with Gasteiger partial charge in [-0.3, -0.25) is 0 Å². The summed E-state index contributed by atoms with van der Waals surface area (Å²) in [6.45, 7) is 3.31. The van der Waals surface area contributed by atoms with Crippen LogP contribution in [-0.4, -0.2) is 33.2 Å². The van der Waals surface area contributed by atoms with Gasteiger partial charge in [0.2, 0.25) is 26.6 Å². The molecule has 9 heteroatoms. The average molecular weight is 432 g/mol. The highest BCUT2D eigenvalue weighted by Crippen LogP contribution is 2.37. The smallest absolute Gasteiger partial charge is 0.233 e. The van der Waals surface area contributed by atoms with Gasteiger partial charge in [0.1, 0.15) is 19.0 Å². The SMILES string of the molecule is CCCCNc1oc(-c2ccc(F)cc2)nc1S(=O)(=O)c1ccc2c(c1)OCCO2. The number of ether oxygens (including phenoxy) is 2. The van der Waals surface area contributed by atoms with Gasteiger partial charge < -0.3 is 19.2 Å². The predicted octanol–water partition coefficient (Wildman–Crippen LogP) is 4.30. The van der Waals surface area contributed by atoms with E-state index in [9.17, 15) is 12.8 Å². The number of unbranched alkanes of at least 4 members (excludes halogenated alkanes) is 1. The molecule has 158 valence electrons. The molecule has 0 saturated heterocycles. The van der Waals surface area contributed by atoms with Crippen LogP contribution in [0.15, 0.2) is 56.8 Å². The third-order valence-electron chi connectivity index (χ3n) is 4.58. The van der Waals surface area contributed by atoms with Crippen molar-refractivity contribution in [1.29, 1.82) is 0 Å². The zero-order valence-electron chi connectivity index (χ0n) is 16.4. The average Bonchev–Trinajstić information content (AvgIpc) is 3.19. The van der Waals surface area contributed by atoms with E-state index in [1.54, 1.807) is 6.07 Å². The minimum atomic E-state index is -4.01. The summed E-state index contributed by atoms with van der Waals surface area (Å²) < 4.78 is 56.7. The number of nitrogens with zero attached hydrogens (tertiary/aromatic N) is 1. The summed E-state index contributed by atoms with van der Waals surface area (Å²) in [7, 11) is -4.01. The largest absolute Gasteiger partial charge is 0.486 e. The van der Waals surface area contributed by atoms with E-state index >= 15 is 0 Å². The van der Waals surface area contributed by atoms with E-state index in [2.05, 4.69) is 10.3 Å². The Bertz CT molecular complexity index is 1140. The first-order valence-corrected chi connectivity index (χ1v) is 11.1. The molecule has 0 fully saturated rings. The number of anilines is 1. The predicted molar refractivity (Wildman–Crippen MR) is 108 cm³/mol. The summed E-state index contributed by atoms with van der Waals surface area (Å²) >= 11 is 0. The van der Waals surface area contributed by atoms with Crippen LogP contribution in [0.25, 0.3) is 11.5 Å². The third kappa shape index (κ3) is 3.97. The first kappa shape index (κ1) is 20.2. The number of nitrogens with one attached hydrogen (secondary N) is 1. The number of aromatic nitrogens is 1. The van der Waals surface area contributed by atoms with Gasteiger partial charge in [-0.15, -0.1) is 0 Å². The van der Waals surface area contributed by atoms with Crippen LogP contribution in [0.4, 0.5) is 10.3 Å². The van der Waals surface area contributed by atoms with E-state index in [1.807, 2.05) is 6.92 Å². The maximum atomic E-state index is 13.4. The molecule has 0 amide bonds. The molecule has 2 aromatic carbocycles. The number of hydrogen-bond donors (Lipinski definition) is 1. The molecule has 1 aliphatic heterocycles. The number of benzene rings is 2. The van der Waals surface area contributed by atoms with Crippen LogP contribution in [0, 0.1) is 5.82 Å². The highest BCUT2D eigenvalue weighted by Gasteiger charge is 2.30. The molecule has 2 heterocycles. The van der Waals surface area contributed by atoms with Crippen molar-refractivity contribution < 1.29 is 26.7 Å². The lowest BCUT2D eigenvalue weighted by atomic mass is 10.2. The molecule has 30 heavy (non-hydrogen) atoms. The van der Waals surface area contributed by atoms with Crippen LogP contribution < -0.4 is 14.8 Å². The Hall–Kier alpha value is -3.07. The van der Waals surface area contributed by atoms with E-state index < -0.39 is 15.7 Å². The summed E-state index contributed by atoms with van der Waals surface area (Å²) in [5, 5.41) is 2.79. The fourth-order valence-electron chi connectivity index (χ4n) is 3.00. The van der Waals surface area contributed by atoms with Crippen molar-refractivity contribution in [3.63, 3.8) is 0 Å². The minimum Gasteiger partial charge on any atom is -0.486 e. The molecular weight excluding hydrogens is 411 g/mol. The van der Waals surface area contributed by atoms with Gasteiger partial charge in [-0.25, -0.2) is 12.8 Å². The molecule has 0 bridgehead atoms. The second kappa shape index (κ2) is 8.35. The number of hydrogen-bond acceptors (Lipinski definition) is 7. The summed E-state index contributed by atoms with van der Waals surface area (Å²) in [4.78, 5) is 4.26. The third-order valence-corrected chi connectivity index (χ3v) is 6.24. The second-order valence-corrected chi connectivity index (χ2v) is 8.61. The van der Waals surface area contributed by atoms with E-state index in [0.29, 0.717) is 36.8 Å². The molecule has 0 aliphatic carbocycles. The van der Waals surface area contributed by atoms with Crippen molar-refractivity contribution in [2.45, 2.75) is 29.7 Å². The van der Waals surface area contributed by atoms with Gasteiger partial charge in [-0.1, -0.05) is 13.3 Å². The number of sulfone groups is 1. The van der Waals surface area contributed by atoms with E-state index in [-0.39, 0.29) is 21.7 Å². The highest BCUT2D eigenvalue weighted by atomic mass is 32.2. The van der Waals surface area contributed by atoms with E-state index in [0.717, 1.165) is 12.8 Å². The highest BCUT2D eigenvalue weighted by molar-refractivity contribution is 7.91. The molecule has 1 N–H and O–H groups in total. The van der Waals surface area contributed by atoms with Crippen molar-refractivity contribution >= 4 is 15.7 Å². The monoisotopic (exact) mass is 432 g/mol. The zero-order chi connectivity index (χ0) is 21.1. The molecule has 1 aliphatic rings. The Kier molecular flexibility index (Phi) is 5.63. The maximum absolute atomic E-state index is 13.4. The molecule has 0 spiro atoms. The summed E-state index contributed by atoms with van der Waals surface area (Å²) in [6.07, 6.45) is 1.76. The van der Waals surface area contributed by atoms with Crippen LogP contribution in [0.2, 0.25) is 0 Å². The van der Waals surface area contributed by atoms with Crippen molar-refractivity contribution in [3.8, 4) is 23.0 Å². The quantitative estimate of drug-likeness (QED) is 0.557. The van der Waals surface area contributed by atoms with Crippen LogP contribution in [0.1, 0.15) is 19.8 Å². The lowest BCUT2D eigenvalue weighted by Crippen LogP contribution is -2.16. The standard InChI is InChI=1S/C21H21FN2O5S/c1-2-3-10-23-20-21(24-19(29-20)14-4-6-15(22)7-5-14)30(25,26)16-8-9-17-18(13-16)28-12-11-27-17/h4-9,13,23H,2-3,10-12H2,1H3. The fourth-order valence-corrected chi connectivity index (χ4v) is 4.29. The van der Waals surface area contributed by atoms with Crippen molar-refractivity contribution in [2.24, 2.45) is 0 Å². The second-order valence-electron chi connectivity index (χ2n) is 6.75. The lowest BCUT2D eigenvalue weighted by molar-refractivity contribution is 0.171. The molecular formula is C21H21FN2O5S. The Morgan fingerprint density at radius 1 is 1.07 bits per heavy atom. The molecule has 7 nitrogen and oxygen atoms in total. The summed E-state index contributed by atoms with van der Waals surface area (Å²) in [6, 6.07) is 9.93. The van der Waals surface area contributed by atoms with Gasteiger partial charge in [0.25, 0.3) is 0 Å². The zero-order valence-corrected chi connectivity index (χ0v) is 17.2. The summed E-state index contributed by atoms with van der Waals surface area (Å²) in [5.41, 5.74) is 0.471. The van der Waals surface area contributed by atoms with Gasteiger partial charge in [-0.05, 0) is 42.8 Å². The van der Waals surface area contributed by atoms with Crippen LogP contribution in [0.3, 0.4) is 0 Å². The van der Waals surface area contributed by atoms with Crippen molar-refractivity contribution in [2.75, 3.05) is 25.1 Å². The van der Waals surface area contributed by atoms with Gasteiger partial charge in [0, 0.05) is 18.2 Å². The molecule has 0 saturated carbocycles. The van der Waals surface area contributed by atoms with Crippen LogP contribution in [0.5, 0.6) is 11.5 Å². The first-order chi connectivity index (χ1) is 14.5. The van der Waals surface area contributed by atoms with Gasteiger partial charge in [0.05, 0.1) is 4.90 Å². The topological polar surface area (TPSA) is 90.7 Å². The Morgan fingerprint density at radius 3 is 2.53 bits per heavy atom. The first-order valence-electron chi connectivity index (χ1n) is 9.64.